The Kier molecular flexibility index (Phi) is 7.52. The molecule has 3 rings (SSSR count). The average Bonchev–Trinajstić information content (AvgIpc) is 2.74. The van der Waals surface area contributed by atoms with Gasteiger partial charge < -0.3 is 19.9 Å². The van der Waals surface area contributed by atoms with E-state index in [0.29, 0.717) is 30.2 Å². The predicted octanol–water partition coefficient (Wildman–Crippen LogP) is 6.18. The van der Waals surface area contributed by atoms with E-state index in [-0.39, 0.29) is 18.0 Å². The summed E-state index contributed by atoms with van der Waals surface area (Å²) in [5, 5.41) is 12.4. The van der Waals surface area contributed by atoms with Crippen molar-refractivity contribution in [1.29, 1.82) is 0 Å². The van der Waals surface area contributed by atoms with Crippen LogP contribution in [0.1, 0.15) is 34.0 Å². The fourth-order valence-corrected chi connectivity index (χ4v) is 3.51. The molecular weight excluding hydrogens is 465 g/mol. The second-order valence-electron chi connectivity index (χ2n) is 6.89. The zero-order chi connectivity index (χ0) is 22.4. The average molecular weight is 488 g/mol. The van der Waals surface area contributed by atoms with Gasteiger partial charge in [0.2, 0.25) is 0 Å². The molecular formula is C24H23BrFNO4. The molecule has 0 bridgehead atoms. The maximum Gasteiger partial charge on any atom is 0.335 e. The number of hydrogen-bond donors (Lipinski definition) is 2. The highest BCUT2D eigenvalue weighted by Crippen LogP contribution is 2.35. The van der Waals surface area contributed by atoms with E-state index in [1.54, 1.807) is 36.4 Å². The lowest BCUT2D eigenvalue weighted by molar-refractivity contribution is 0.0697. The number of carboxylic acids is 1. The molecule has 2 N–H and O–H groups in total. The molecule has 0 radical (unpaired) electrons. The summed E-state index contributed by atoms with van der Waals surface area (Å²) < 4.78 is 26.3. The maximum atomic E-state index is 13.9. The summed E-state index contributed by atoms with van der Waals surface area (Å²) in [6, 6.07) is 15.1. The molecule has 0 aliphatic rings. The van der Waals surface area contributed by atoms with Gasteiger partial charge >= 0.3 is 5.97 Å². The van der Waals surface area contributed by atoms with E-state index in [9.17, 15) is 9.18 Å². The molecule has 0 spiro atoms. The van der Waals surface area contributed by atoms with Crippen LogP contribution in [-0.2, 0) is 13.2 Å². The van der Waals surface area contributed by atoms with Crippen LogP contribution >= 0.6 is 15.9 Å². The highest BCUT2D eigenvalue weighted by Gasteiger charge is 2.13. The van der Waals surface area contributed by atoms with Crippen molar-refractivity contribution in [3.8, 4) is 11.5 Å². The molecule has 0 saturated carbocycles. The lowest BCUT2D eigenvalue weighted by Gasteiger charge is -2.16. The van der Waals surface area contributed by atoms with E-state index < -0.39 is 5.97 Å². The number of anilines is 1. The van der Waals surface area contributed by atoms with Crippen molar-refractivity contribution in [2.75, 3.05) is 11.9 Å². The minimum absolute atomic E-state index is 0.0892. The molecule has 0 atom stereocenters. The minimum atomic E-state index is -0.954. The van der Waals surface area contributed by atoms with E-state index in [0.717, 1.165) is 21.3 Å². The highest BCUT2D eigenvalue weighted by atomic mass is 79.9. The molecule has 0 aromatic heterocycles. The van der Waals surface area contributed by atoms with Crippen molar-refractivity contribution in [3.05, 3.63) is 87.1 Å². The Labute approximate surface area is 189 Å². The quantitative estimate of drug-likeness (QED) is 0.376. The molecule has 7 heteroatoms. The lowest BCUT2D eigenvalue weighted by atomic mass is 10.1. The van der Waals surface area contributed by atoms with E-state index in [4.69, 9.17) is 14.6 Å². The molecule has 162 valence electrons. The number of hydrogen-bond acceptors (Lipinski definition) is 4. The summed E-state index contributed by atoms with van der Waals surface area (Å²) in [7, 11) is 0. The van der Waals surface area contributed by atoms with Crippen LogP contribution in [0.5, 0.6) is 11.5 Å². The predicted molar refractivity (Wildman–Crippen MR) is 122 cm³/mol. The van der Waals surface area contributed by atoms with Crippen molar-refractivity contribution in [3.63, 3.8) is 0 Å². The number of aryl methyl sites for hydroxylation is 1. The normalized spacial score (nSPS) is 10.6. The topological polar surface area (TPSA) is 67.8 Å². The van der Waals surface area contributed by atoms with Crippen LogP contribution in [0.2, 0.25) is 0 Å². The van der Waals surface area contributed by atoms with E-state index in [1.165, 1.54) is 6.07 Å². The van der Waals surface area contributed by atoms with Crippen molar-refractivity contribution >= 4 is 27.6 Å². The Morgan fingerprint density at radius 1 is 1.06 bits per heavy atom. The Morgan fingerprint density at radius 3 is 2.48 bits per heavy atom. The van der Waals surface area contributed by atoms with Gasteiger partial charge in [0.05, 0.1) is 12.2 Å². The van der Waals surface area contributed by atoms with Crippen LogP contribution in [0.15, 0.2) is 59.1 Å². The van der Waals surface area contributed by atoms with Gasteiger partial charge in [-0.3, -0.25) is 0 Å². The summed E-state index contributed by atoms with van der Waals surface area (Å²) in [5.41, 5.74) is 3.33. The minimum Gasteiger partial charge on any atom is -0.490 e. The van der Waals surface area contributed by atoms with Gasteiger partial charge in [-0.25, -0.2) is 9.18 Å². The molecule has 0 unspecified atom stereocenters. The third kappa shape index (κ3) is 5.76. The molecule has 3 aromatic carbocycles. The number of halogens is 2. The van der Waals surface area contributed by atoms with Gasteiger partial charge in [0, 0.05) is 22.3 Å². The number of benzene rings is 3. The summed E-state index contributed by atoms with van der Waals surface area (Å²) in [4.78, 5) is 11.1. The van der Waals surface area contributed by atoms with Gasteiger partial charge in [0.15, 0.2) is 11.5 Å². The Balaban J connectivity index is 1.76. The summed E-state index contributed by atoms with van der Waals surface area (Å²) in [6.07, 6.45) is 0. The van der Waals surface area contributed by atoms with Gasteiger partial charge in [-0.15, -0.1) is 0 Å². The van der Waals surface area contributed by atoms with Crippen LogP contribution in [0.4, 0.5) is 10.1 Å². The molecule has 0 aliphatic heterocycles. The van der Waals surface area contributed by atoms with Gasteiger partial charge in [0.25, 0.3) is 0 Å². The fourth-order valence-electron chi connectivity index (χ4n) is 3.05. The number of rotatable bonds is 9. The molecule has 0 amide bonds. The van der Waals surface area contributed by atoms with Crippen LogP contribution in [0.3, 0.4) is 0 Å². The lowest BCUT2D eigenvalue weighted by Crippen LogP contribution is -2.06. The fraction of sp³-hybridized carbons (Fsp3) is 0.208. The molecule has 5 nitrogen and oxygen atoms in total. The van der Waals surface area contributed by atoms with Crippen molar-refractivity contribution in [1.82, 2.24) is 0 Å². The van der Waals surface area contributed by atoms with Crippen LogP contribution in [0, 0.1) is 12.7 Å². The number of carboxylic acid groups (broad SMARTS) is 1. The zero-order valence-electron chi connectivity index (χ0n) is 17.2. The largest absolute Gasteiger partial charge is 0.490 e. The number of ether oxygens (including phenoxy) is 2. The second kappa shape index (κ2) is 10.3. The van der Waals surface area contributed by atoms with Gasteiger partial charge in [0.1, 0.15) is 12.4 Å². The first-order valence-electron chi connectivity index (χ1n) is 9.78. The number of carbonyl (C=O) groups is 1. The third-order valence-electron chi connectivity index (χ3n) is 4.70. The Hall–Kier alpha value is -3.06. The Morgan fingerprint density at radius 2 is 1.81 bits per heavy atom. The molecule has 0 heterocycles. The van der Waals surface area contributed by atoms with Gasteiger partial charge in [-0.05, 0) is 61.4 Å². The van der Waals surface area contributed by atoms with Crippen LogP contribution in [0.25, 0.3) is 0 Å². The standard InChI is InChI=1S/C24H23BrFNO4/c1-3-30-22-11-18(13-27-21-9-8-16(24(28)29)10-15(21)2)19(25)12-23(22)31-14-17-6-4-5-7-20(17)26/h4-12,27H,3,13-14H2,1-2H3,(H,28,29). The third-order valence-corrected chi connectivity index (χ3v) is 5.43. The molecule has 0 fully saturated rings. The van der Waals surface area contributed by atoms with Gasteiger partial charge in [-0.2, -0.15) is 0 Å². The maximum absolute atomic E-state index is 13.9. The first kappa shape index (κ1) is 22.6. The first-order chi connectivity index (χ1) is 14.9. The number of nitrogens with one attached hydrogen (secondary N) is 1. The zero-order valence-corrected chi connectivity index (χ0v) is 18.8. The summed E-state index contributed by atoms with van der Waals surface area (Å²) >= 11 is 3.57. The molecule has 0 aliphatic carbocycles. The van der Waals surface area contributed by atoms with Gasteiger partial charge in [-0.1, -0.05) is 34.1 Å². The number of aromatic carboxylic acids is 1. The van der Waals surface area contributed by atoms with Crippen molar-refractivity contribution < 1.29 is 23.8 Å². The second-order valence-corrected chi connectivity index (χ2v) is 7.75. The monoisotopic (exact) mass is 487 g/mol. The van der Waals surface area contributed by atoms with Crippen LogP contribution in [-0.4, -0.2) is 17.7 Å². The highest BCUT2D eigenvalue weighted by molar-refractivity contribution is 9.10. The van der Waals surface area contributed by atoms with Crippen LogP contribution < -0.4 is 14.8 Å². The van der Waals surface area contributed by atoms with E-state index in [1.807, 2.05) is 26.0 Å². The van der Waals surface area contributed by atoms with Crippen molar-refractivity contribution in [2.45, 2.75) is 27.0 Å². The molecule has 3 aromatic rings. The first-order valence-corrected chi connectivity index (χ1v) is 10.6. The van der Waals surface area contributed by atoms with Crippen molar-refractivity contribution in [2.24, 2.45) is 0 Å². The Bertz CT molecular complexity index is 1090. The summed E-state index contributed by atoms with van der Waals surface area (Å²) in [6.45, 7) is 4.77. The van der Waals surface area contributed by atoms with E-state index in [2.05, 4.69) is 21.2 Å². The molecule has 31 heavy (non-hydrogen) atoms. The smallest absolute Gasteiger partial charge is 0.335 e. The SMILES string of the molecule is CCOc1cc(CNc2ccc(C(=O)O)cc2C)c(Br)cc1OCc1ccccc1F. The van der Waals surface area contributed by atoms with E-state index >= 15 is 0 Å². The summed E-state index contributed by atoms with van der Waals surface area (Å²) in [5.74, 6) is -0.186. The molecule has 0 saturated heterocycles.